The number of hydrogen-bond donors (Lipinski definition) is 1. The molecule has 158 valence electrons. The summed E-state index contributed by atoms with van der Waals surface area (Å²) in [5.41, 5.74) is 1.87. The maximum absolute atomic E-state index is 13.4. The lowest BCUT2D eigenvalue weighted by molar-refractivity contribution is -0.122. The maximum Gasteiger partial charge on any atom is 0.210 e. The van der Waals surface area contributed by atoms with Crippen LogP contribution in [0, 0.1) is 5.82 Å². The molecule has 1 N–H and O–H groups in total. The van der Waals surface area contributed by atoms with E-state index in [1.165, 1.54) is 43.0 Å². The number of anilines is 1. The van der Waals surface area contributed by atoms with Crippen LogP contribution in [-0.4, -0.2) is 41.2 Å². The number of rotatable bonds is 4. The molecule has 4 nitrogen and oxygen atoms in total. The van der Waals surface area contributed by atoms with Crippen LogP contribution in [0.1, 0.15) is 50.8 Å². The van der Waals surface area contributed by atoms with Gasteiger partial charge in [-0.25, -0.2) is 9.37 Å². The summed E-state index contributed by atoms with van der Waals surface area (Å²) in [4.78, 5) is 19.6. The highest BCUT2D eigenvalue weighted by Gasteiger charge is 2.21. The molecule has 7 heteroatoms. The van der Waals surface area contributed by atoms with Gasteiger partial charge in [-0.3, -0.25) is 4.79 Å². The van der Waals surface area contributed by atoms with Crippen molar-refractivity contribution in [2.45, 2.75) is 69.4 Å². The Bertz CT molecular complexity index is 818. The van der Waals surface area contributed by atoms with Gasteiger partial charge in [0.15, 0.2) is 5.13 Å². The van der Waals surface area contributed by atoms with Crippen LogP contribution in [-0.2, 0) is 11.2 Å². The van der Waals surface area contributed by atoms with E-state index in [-0.39, 0.29) is 5.82 Å². The van der Waals surface area contributed by atoms with E-state index in [9.17, 15) is 9.18 Å². The third kappa shape index (κ3) is 5.51. The number of aryl methyl sites for hydroxylation is 1. The van der Waals surface area contributed by atoms with Crippen LogP contribution < -0.4 is 5.32 Å². The van der Waals surface area contributed by atoms with E-state index in [2.05, 4.69) is 24.1 Å². The second-order valence-electron chi connectivity index (χ2n) is 7.72. The molecule has 0 radical (unpaired) electrons. The van der Waals surface area contributed by atoms with Gasteiger partial charge in [-0.05, 0) is 51.3 Å². The van der Waals surface area contributed by atoms with Gasteiger partial charge in [-0.2, -0.15) is 0 Å². The Morgan fingerprint density at radius 1 is 1.28 bits per heavy atom. The van der Waals surface area contributed by atoms with Gasteiger partial charge >= 0.3 is 0 Å². The number of amides is 1. The van der Waals surface area contributed by atoms with E-state index in [0.717, 1.165) is 39.9 Å². The van der Waals surface area contributed by atoms with Crippen molar-refractivity contribution in [3.05, 3.63) is 28.9 Å². The normalized spacial score (nSPS) is 16.2. The molecule has 1 aliphatic carbocycles. The smallest absolute Gasteiger partial charge is 0.210 e. The van der Waals surface area contributed by atoms with Crippen LogP contribution in [0.25, 0.3) is 11.3 Å². The average Bonchev–Trinajstić information content (AvgIpc) is 3.06. The standard InChI is InChI=1S/C12H11FN2S2.C10H19NO/c1-14-12-15-11-8-6-7(13)2-3-9(8)16-5-4-10(11)17-12;1-9(2)11(8-12)10-6-4-3-5-7-10/h2-3,6H,4-5H2,1H3,(H,14,15);8-10H,3-7H2,1-2H3. The van der Waals surface area contributed by atoms with Gasteiger partial charge in [0.2, 0.25) is 6.41 Å². The molecule has 0 unspecified atom stereocenters. The predicted molar refractivity (Wildman–Crippen MR) is 121 cm³/mol. The molecule has 0 atom stereocenters. The minimum Gasteiger partial charge on any atom is -0.365 e. The molecule has 4 rings (SSSR count). The zero-order chi connectivity index (χ0) is 20.8. The summed E-state index contributed by atoms with van der Waals surface area (Å²) in [5, 5.41) is 3.96. The first-order chi connectivity index (χ1) is 14.0. The fourth-order valence-corrected chi connectivity index (χ4v) is 5.97. The third-order valence-corrected chi connectivity index (χ3v) is 7.62. The highest BCUT2D eigenvalue weighted by atomic mass is 32.2. The van der Waals surface area contributed by atoms with Crippen molar-refractivity contribution in [3.63, 3.8) is 0 Å². The molecule has 2 aliphatic rings. The molecule has 0 spiro atoms. The fraction of sp³-hybridized carbons (Fsp3) is 0.545. The van der Waals surface area contributed by atoms with Gasteiger partial charge in [0.1, 0.15) is 5.82 Å². The van der Waals surface area contributed by atoms with E-state index >= 15 is 0 Å². The Kier molecular flexibility index (Phi) is 7.95. The number of thiazole rings is 1. The van der Waals surface area contributed by atoms with Crippen LogP contribution in [0.3, 0.4) is 0 Å². The molecule has 1 aromatic carbocycles. The van der Waals surface area contributed by atoms with Gasteiger partial charge < -0.3 is 10.2 Å². The van der Waals surface area contributed by atoms with E-state index in [1.54, 1.807) is 29.2 Å². The van der Waals surface area contributed by atoms with Crippen molar-refractivity contribution in [1.82, 2.24) is 9.88 Å². The monoisotopic (exact) mass is 435 g/mol. The summed E-state index contributed by atoms with van der Waals surface area (Å²) in [7, 11) is 1.86. The topological polar surface area (TPSA) is 45.2 Å². The number of benzene rings is 1. The molecule has 0 saturated heterocycles. The van der Waals surface area contributed by atoms with Gasteiger partial charge in [0.25, 0.3) is 0 Å². The molecule has 1 aromatic heterocycles. The lowest BCUT2D eigenvalue weighted by Gasteiger charge is -2.34. The lowest BCUT2D eigenvalue weighted by Crippen LogP contribution is -2.40. The van der Waals surface area contributed by atoms with Crippen molar-refractivity contribution in [1.29, 1.82) is 0 Å². The van der Waals surface area contributed by atoms with Crippen molar-refractivity contribution in [3.8, 4) is 11.3 Å². The van der Waals surface area contributed by atoms with Crippen LogP contribution in [0.5, 0.6) is 0 Å². The number of halogens is 1. The number of thioether (sulfide) groups is 1. The summed E-state index contributed by atoms with van der Waals surface area (Å²) in [6.07, 6.45) is 8.36. The summed E-state index contributed by atoms with van der Waals surface area (Å²) in [5.74, 6) is 0.827. The third-order valence-electron chi connectivity index (χ3n) is 5.41. The van der Waals surface area contributed by atoms with Crippen LogP contribution in [0.2, 0.25) is 0 Å². The highest BCUT2D eigenvalue weighted by molar-refractivity contribution is 7.99. The number of aromatic nitrogens is 1. The second kappa shape index (κ2) is 10.4. The SMILES string of the molecule is CC(C)N(C=O)C1CCCCC1.CNc1nc2c(s1)CCSc1ccc(F)cc1-2. The average molecular weight is 436 g/mol. The van der Waals surface area contributed by atoms with Crippen molar-refractivity contribution in [2.24, 2.45) is 0 Å². The summed E-state index contributed by atoms with van der Waals surface area (Å²) < 4.78 is 13.4. The zero-order valence-corrected chi connectivity index (χ0v) is 19.0. The van der Waals surface area contributed by atoms with Crippen LogP contribution >= 0.6 is 23.1 Å². The Balaban J connectivity index is 0.000000177. The Labute approximate surface area is 181 Å². The van der Waals surface area contributed by atoms with Gasteiger partial charge in [0, 0.05) is 40.2 Å². The molecule has 0 bridgehead atoms. The minimum absolute atomic E-state index is 0.198. The summed E-state index contributed by atoms with van der Waals surface area (Å²) in [6.45, 7) is 4.17. The first-order valence-corrected chi connectivity index (χ1v) is 12.2. The zero-order valence-electron chi connectivity index (χ0n) is 17.4. The predicted octanol–water partition coefficient (Wildman–Crippen LogP) is 5.83. The number of carbonyl (C=O) groups is 1. The Hall–Kier alpha value is -1.60. The molecule has 1 amide bonds. The molecular weight excluding hydrogens is 405 g/mol. The van der Waals surface area contributed by atoms with Crippen LogP contribution in [0.4, 0.5) is 9.52 Å². The molecule has 2 aromatic rings. The van der Waals surface area contributed by atoms with Crippen molar-refractivity contribution in [2.75, 3.05) is 18.1 Å². The number of nitrogens with zero attached hydrogens (tertiary/aromatic N) is 2. The quantitative estimate of drug-likeness (QED) is 0.614. The van der Waals surface area contributed by atoms with Gasteiger partial charge in [-0.15, -0.1) is 23.1 Å². The van der Waals surface area contributed by atoms with E-state index in [0.29, 0.717) is 12.1 Å². The molecule has 2 heterocycles. The van der Waals surface area contributed by atoms with Crippen molar-refractivity contribution >= 4 is 34.6 Å². The summed E-state index contributed by atoms with van der Waals surface area (Å²) in [6, 6.07) is 5.85. The largest absolute Gasteiger partial charge is 0.365 e. The fourth-order valence-electron chi connectivity index (χ4n) is 3.91. The molecular formula is C22H30FN3OS2. The second-order valence-corrected chi connectivity index (χ2v) is 9.94. The maximum atomic E-state index is 13.4. The van der Waals surface area contributed by atoms with Gasteiger partial charge in [-0.1, -0.05) is 19.3 Å². The summed E-state index contributed by atoms with van der Waals surface area (Å²) >= 11 is 3.43. The lowest BCUT2D eigenvalue weighted by atomic mass is 9.94. The minimum atomic E-state index is -0.198. The first-order valence-electron chi connectivity index (χ1n) is 10.4. The van der Waals surface area contributed by atoms with Crippen LogP contribution in [0.15, 0.2) is 23.1 Å². The number of fused-ring (bicyclic) bond motifs is 3. The number of hydrogen-bond acceptors (Lipinski definition) is 5. The Morgan fingerprint density at radius 3 is 2.69 bits per heavy atom. The molecule has 1 aliphatic heterocycles. The molecule has 29 heavy (non-hydrogen) atoms. The first kappa shape index (κ1) is 22.1. The van der Waals surface area contributed by atoms with Crippen molar-refractivity contribution < 1.29 is 9.18 Å². The van der Waals surface area contributed by atoms with E-state index < -0.39 is 0 Å². The highest BCUT2D eigenvalue weighted by Crippen LogP contribution is 2.40. The molecule has 1 fully saturated rings. The Morgan fingerprint density at radius 2 is 2.03 bits per heavy atom. The van der Waals surface area contributed by atoms with E-state index in [1.807, 2.05) is 18.0 Å². The van der Waals surface area contributed by atoms with E-state index in [4.69, 9.17) is 0 Å². The number of carbonyl (C=O) groups excluding carboxylic acids is 1. The van der Waals surface area contributed by atoms with Gasteiger partial charge in [0.05, 0.1) is 5.69 Å². The number of nitrogens with one attached hydrogen (secondary N) is 1. The molecule has 1 saturated carbocycles.